The number of para-hydroxylation sites is 1. The fourth-order valence-corrected chi connectivity index (χ4v) is 4.65. The number of morpholine rings is 1. The first-order valence-electron chi connectivity index (χ1n) is 10.8. The molecule has 0 amide bonds. The predicted molar refractivity (Wildman–Crippen MR) is 124 cm³/mol. The van der Waals surface area contributed by atoms with Crippen LogP contribution in [0.4, 0.5) is 0 Å². The van der Waals surface area contributed by atoms with Gasteiger partial charge in [-0.3, -0.25) is 4.98 Å². The van der Waals surface area contributed by atoms with Crippen LogP contribution in [0.25, 0.3) is 22.0 Å². The number of halogens is 1. The van der Waals surface area contributed by atoms with Crippen LogP contribution in [-0.2, 0) is 15.1 Å². The standard InChI is InChI=1S/C25H29ClN2O3/c1-30-13-5-4-11-25(29,23-17-27-12-14-31-23)20-8-6-9-21(26)24(20)19-15-18-7-2-3-10-22(18)28-16-19/h2-3,6-10,15-16,23,27,29H,4-5,11-14,17H2,1H3/t23?,25-/m1/s1. The zero-order valence-corrected chi connectivity index (χ0v) is 18.6. The van der Waals surface area contributed by atoms with E-state index in [0.29, 0.717) is 31.2 Å². The van der Waals surface area contributed by atoms with E-state index in [4.69, 9.17) is 21.1 Å². The lowest BCUT2D eigenvalue weighted by molar-refractivity contribution is -0.129. The fourth-order valence-electron chi connectivity index (χ4n) is 4.37. The summed E-state index contributed by atoms with van der Waals surface area (Å²) in [5.41, 5.74) is 2.22. The Balaban J connectivity index is 1.80. The summed E-state index contributed by atoms with van der Waals surface area (Å²) in [5, 5.41) is 17.1. The molecule has 1 unspecified atom stereocenters. The molecule has 0 bridgehead atoms. The van der Waals surface area contributed by atoms with Crippen molar-refractivity contribution in [2.24, 2.45) is 0 Å². The number of benzene rings is 2. The molecular formula is C25H29ClN2O3. The number of nitrogens with zero attached hydrogens (tertiary/aromatic N) is 1. The first kappa shape index (κ1) is 22.2. The van der Waals surface area contributed by atoms with Crippen LogP contribution in [0.5, 0.6) is 0 Å². The second kappa shape index (κ2) is 10.1. The molecule has 164 valence electrons. The summed E-state index contributed by atoms with van der Waals surface area (Å²) in [5.74, 6) is 0. The SMILES string of the molecule is COCCCC[C@@](O)(c1cccc(Cl)c1-c1cnc2ccccc2c1)C1CNCCO1. The molecular weight excluding hydrogens is 412 g/mol. The highest BCUT2D eigenvalue weighted by Crippen LogP contribution is 2.42. The summed E-state index contributed by atoms with van der Waals surface area (Å²) in [6.07, 6.45) is 3.70. The molecule has 5 nitrogen and oxygen atoms in total. The van der Waals surface area contributed by atoms with E-state index < -0.39 is 5.60 Å². The number of pyridine rings is 1. The number of hydrogen-bond acceptors (Lipinski definition) is 5. The first-order valence-corrected chi connectivity index (χ1v) is 11.2. The van der Waals surface area contributed by atoms with Crippen LogP contribution >= 0.6 is 11.6 Å². The van der Waals surface area contributed by atoms with E-state index in [1.807, 2.05) is 48.7 Å². The summed E-state index contributed by atoms with van der Waals surface area (Å²) in [6, 6.07) is 15.8. The third kappa shape index (κ3) is 4.76. The van der Waals surface area contributed by atoms with E-state index in [1.54, 1.807) is 7.11 Å². The molecule has 1 saturated heterocycles. The van der Waals surface area contributed by atoms with Gasteiger partial charge in [0.05, 0.1) is 12.1 Å². The Morgan fingerprint density at radius 2 is 2.10 bits per heavy atom. The molecule has 6 heteroatoms. The van der Waals surface area contributed by atoms with E-state index in [0.717, 1.165) is 47.0 Å². The lowest BCUT2D eigenvalue weighted by Crippen LogP contribution is -2.51. The van der Waals surface area contributed by atoms with Crippen molar-refractivity contribution in [1.29, 1.82) is 0 Å². The zero-order valence-electron chi connectivity index (χ0n) is 17.8. The second-order valence-corrected chi connectivity index (χ2v) is 8.42. The highest BCUT2D eigenvalue weighted by molar-refractivity contribution is 6.33. The van der Waals surface area contributed by atoms with Crippen molar-refractivity contribution >= 4 is 22.5 Å². The van der Waals surface area contributed by atoms with E-state index >= 15 is 0 Å². The number of aliphatic hydroxyl groups is 1. The molecule has 0 spiro atoms. The molecule has 4 rings (SSSR count). The van der Waals surface area contributed by atoms with Gasteiger partial charge in [0.15, 0.2) is 0 Å². The maximum absolute atomic E-state index is 12.1. The van der Waals surface area contributed by atoms with Crippen molar-refractivity contribution in [3.05, 3.63) is 65.3 Å². The molecule has 1 aliphatic heterocycles. The Bertz CT molecular complexity index is 1020. The minimum Gasteiger partial charge on any atom is -0.385 e. The molecule has 0 aliphatic carbocycles. The van der Waals surface area contributed by atoms with Crippen molar-refractivity contribution < 1.29 is 14.6 Å². The van der Waals surface area contributed by atoms with Crippen LogP contribution in [0.2, 0.25) is 5.02 Å². The third-order valence-electron chi connectivity index (χ3n) is 5.98. The lowest BCUT2D eigenvalue weighted by Gasteiger charge is -2.40. The molecule has 1 aromatic heterocycles. The number of fused-ring (bicyclic) bond motifs is 1. The Morgan fingerprint density at radius 3 is 2.90 bits per heavy atom. The molecule has 2 atom stereocenters. The lowest BCUT2D eigenvalue weighted by atomic mass is 9.79. The van der Waals surface area contributed by atoms with Gasteiger partial charge in [0, 0.05) is 54.5 Å². The van der Waals surface area contributed by atoms with E-state index in [-0.39, 0.29) is 6.10 Å². The molecule has 1 aliphatic rings. The summed E-state index contributed by atoms with van der Waals surface area (Å²) in [6.45, 7) is 2.60. The van der Waals surface area contributed by atoms with Crippen molar-refractivity contribution in [1.82, 2.24) is 10.3 Å². The highest BCUT2D eigenvalue weighted by Gasteiger charge is 2.42. The van der Waals surface area contributed by atoms with Crippen molar-refractivity contribution in [3.8, 4) is 11.1 Å². The molecule has 0 radical (unpaired) electrons. The van der Waals surface area contributed by atoms with Gasteiger partial charge in [-0.05, 0) is 43.0 Å². The molecule has 1 fully saturated rings. The average Bonchev–Trinajstić information content (AvgIpc) is 2.82. The monoisotopic (exact) mass is 440 g/mol. The smallest absolute Gasteiger partial charge is 0.118 e. The predicted octanol–water partition coefficient (Wildman–Crippen LogP) is 4.55. The van der Waals surface area contributed by atoms with E-state index in [9.17, 15) is 5.11 Å². The van der Waals surface area contributed by atoms with E-state index in [1.165, 1.54) is 0 Å². The average molecular weight is 441 g/mol. The number of nitrogens with one attached hydrogen (secondary N) is 1. The quantitative estimate of drug-likeness (QED) is 0.503. The maximum Gasteiger partial charge on any atom is 0.118 e. The number of methoxy groups -OCH3 is 1. The van der Waals surface area contributed by atoms with Gasteiger partial charge in [-0.25, -0.2) is 0 Å². The summed E-state index contributed by atoms with van der Waals surface area (Å²) >= 11 is 6.73. The highest BCUT2D eigenvalue weighted by atomic mass is 35.5. The van der Waals surface area contributed by atoms with Crippen LogP contribution in [0, 0.1) is 0 Å². The van der Waals surface area contributed by atoms with Gasteiger partial charge in [0.2, 0.25) is 0 Å². The van der Waals surface area contributed by atoms with Crippen molar-refractivity contribution in [3.63, 3.8) is 0 Å². The van der Waals surface area contributed by atoms with Gasteiger partial charge in [-0.15, -0.1) is 0 Å². The van der Waals surface area contributed by atoms with Crippen LogP contribution < -0.4 is 5.32 Å². The molecule has 0 saturated carbocycles. The second-order valence-electron chi connectivity index (χ2n) is 8.02. The van der Waals surface area contributed by atoms with Crippen LogP contribution in [0.3, 0.4) is 0 Å². The zero-order chi connectivity index (χ0) is 21.7. The largest absolute Gasteiger partial charge is 0.385 e. The number of unbranched alkanes of at least 4 members (excludes halogenated alkanes) is 1. The minimum atomic E-state index is -1.19. The minimum absolute atomic E-state index is 0.366. The van der Waals surface area contributed by atoms with Crippen molar-refractivity contribution in [2.75, 3.05) is 33.4 Å². The Hall–Kier alpha value is -2.02. The maximum atomic E-state index is 12.1. The van der Waals surface area contributed by atoms with Gasteiger partial charge < -0.3 is 19.9 Å². The normalized spacial score (nSPS) is 18.7. The van der Waals surface area contributed by atoms with Gasteiger partial charge in [0.1, 0.15) is 11.7 Å². The summed E-state index contributed by atoms with van der Waals surface area (Å²) in [4.78, 5) is 4.62. The van der Waals surface area contributed by atoms with Gasteiger partial charge in [0.25, 0.3) is 0 Å². The van der Waals surface area contributed by atoms with E-state index in [2.05, 4.69) is 16.4 Å². The molecule has 2 N–H and O–H groups in total. The van der Waals surface area contributed by atoms with Crippen LogP contribution in [0.1, 0.15) is 24.8 Å². The van der Waals surface area contributed by atoms with Crippen LogP contribution in [-0.4, -0.2) is 49.6 Å². The number of hydrogen-bond donors (Lipinski definition) is 2. The molecule has 31 heavy (non-hydrogen) atoms. The number of aromatic nitrogens is 1. The Morgan fingerprint density at radius 1 is 1.23 bits per heavy atom. The molecule has 3 aromatic rings. The van der Waals surface area contributed by atoms with Crippen molar-refractivity contribution in [2.45, 2.75) is 31.0 Å². The Labute approximate surface area is 188 Å². The summed E-state index contributed by atoms with van der Waals surface area (Å²) in [7, 11) is 1.70. The number of rotatable bonds is 8. The van der Waals surface area contributed by atoms with Gasteiger partial charge in [-0.2, -0.15) is 0 Å². The summed E-state index contributed by atoms with van der Waals surface area (Å²) < 4.78 is 11.3. The first-order chi connectivity index (χ1) is 15.1. The molecule has 2 heterocycles. The third-order valence-corrected chi connectivity index (χ3v) is 6.29. The van der Waals surface area contributed by atoms with Crippen LogP contribution in [0.15, 0.2) is 54.7 Å². The molecule has 2 aromatic carbocycles. The number of ether oxygens (including phenoxy) is 2. The topological polar surface area (TPSA) is 63.6 Å². The fraction of sp³-hybridized carbons (Fsp3) is 0.400. The Kier molecular flexibility index (Phi) is 7.20. The van der Waals surface area contributed by atoms with Gasteiger partial charge in [-0.1, -0.05) is 41.9 Å². The van der Waals surface area contributed by atoms with Gasteiger partial charge >= 0.3 is 0 Å².